The molecule has 0 spiro atoms. The van der Waals surface area contributed by atoms with Gasteiger partial charge in [0.25, 0.3) is 0 Å². The van der Waals surface area contributed by atoms with Crippen LogP contribution >= 0.6 is 12.6 Å². The Kier molecular flexibility index (Phi) is 7.15. The third kappa shape index (κ3) is 5.60. The van der Waals surface area contributed by atoms with E-state index in [1.807, 2.05) is 29.2 Å². The third-order valence-corrected chi connectivity index (χ3v) is 6.70. The van der Waals surface area contributed by atoms with Crippen LogP contribution in [-0.2, 0) is 17.6 Å². The molecule has 1 fully saturated rings. The summed E-state index contributed by atoms with van der Waals surface area (Å²) in [6.07, 6.45) is 2.27. The zero-order valence-corrected chi connectivity index (χ0v) is 18.9. The van der Waals surface area contributed by atoms with Crippen LogP contribution in [0, 0.1) is 0 Å². The summed E-state index contributed by atoms with van der Waals surface area (Å²) in [5.74, 6) is 0.956. The number of hydrogen-bond acceptors (Lipinski definition) is 4. The first-order valence-corrected chi connectivity index (χ1v) is 11.4. The van der Waals surface area contributed by atoms with Gasteiger partial charge in [0.15, 0.2) is 0 Å². The van der Waals surface area contributed by atoms with Crippen LogP contribution < -0.4 is 10.1 Å². The van der Waals surface area contributed by atoms with Gasteiger partial charge >= 0.3 is 0 Å². The maximum Gasteiger partial charge on any atom is 0.227 e. The summed E-state index contributed by atoms with van der Waals surface area (Å²) in [5.41, 5.74) is 2.26. The molecule has 162 valence electrons. The van der Waals surface area contributed by atoms with Gasteiger partial charge < -0.3 is 15.0 Å². The number of nitrogens with one attached hydrogen (secondary N) is 1. The number of benzene rings is 3. The molecular weight excluding hydrogens is 404 g/mol. The van der Waals surface area contributed by atoms with E-state index in [1.54, 1.807) is 7.11 Å². The molecule has 1 N–H and O–H groups in total. The molecule has 4 nitrogen and oxygen atoms in total. The molecule has 4 rings (SSSR count). The largest absolute Gasteiger partial charge is 0.497 e. The molecule has 0 aromatic heterocycles. The van der Waals surface area contributed by atoms with Gasteiger partial charge in [-0.3, -0.25) is 4.79 Å². The van der Waals surface area contributed by atoms with Crippen molar-refractivity contribution in [2.45, 2.75) is 30.6 Å². The van der Waals surface area contributed by atoms with E-state index in [1.165, 1.54) is 16.3 Å². The Morgan fingerprint density at radius 3 is 2.52 bits per heavy atom. The highest BCUT2D eigenvalue weighted by Gasteiger charge is 2.27. The molecule has 1 heterocycles. The highest BCUT2D eigenvalue weighted by atomic mass is 32.1. The average Bonchev–Trinajstić information content (AvgIpc) is 3.21. The van der Waals surface area contributed by atoms with Crippen molar-refractivity contribution < 1.29 is 9.53 Å². The van der Waals surface area contributed by atoms with Crippen molar-refractivity contribution in [3.8, 4) is 5.75 Å². The van der Waals surface area contributed by atoms with Gasteiger partial charge in [-0.05, 0) is 53.4 Å². The van der Waals surface area contributed by atoms with E-state index in [2.05, 4.69) is 47.8 Å². The molecule has 1 aliphatic heterocycles. The average molecular weight is 435 g/mol. The Balaban J connectivity index is 1.46. The number of thiol groups is 1. The molecule has 3 aromatic carbocycles. The number of hydrogen-bond donors (Lipinski definition) is 2. The Morgan fingerprint density at radius 2 is 1.81 bits per heavy atom. The highest BCUT2D eigenvalue weighted by molar-refractivity contribution is 7.81. The topological polar surface area (TPSA) is 41.6 Å². The maximum atomic E-state index is 13.2. The van der Waals surface area contributed by atoms with Crippen LogP contribution in [0.2, 0.25) is 0 Å². The zero-order valence-electron chi connectivity index (χ0n) is 18.0. The van der Waals surface area contributed by atoms with Crippen molar-refractivity contribution >= 4 is 29.3 Å². The van der Waals surface area contributed by atoms with Crippen LogP contribution in [0.4, 0.5) is 0 Å². The van der Waals surface area contributed by atoms with Crippen LogP contribution in [0.15, 0.2) is 66.7 Å². The predicted octanol–water partition coefficient (Wildman–Crippen LogP) is 4.12. The van der Waals surface area contributed by atoms with Gasteiger partial charge in [0.05, 0.1) is 13.5 Å². The first-order chi connectivity index (χ1) is 15.1. The van der Waals surface area contributed by atoms with E-state index in [4.69, 9.17) is 17.4 Å². The number of amides is 1. The molecule has 0 aliphatic carbocycles. The van der Waals surface area contributed by atoms with E-state index in [-0.39, 0.29) is 17.2 Å². The Morgan fingerprint density at radius 1 is 1.06 bits per heavy atom. The van der Waals surface area contributed by atoms with Crippen molar-refractivity contribution in [2.24, 2.45) is 0 Å². The second kappa shape index (κ2) is 10.2. The van der Waals surface area contributed by atoms with Gasteiger partial charge in [-0.2, -0.15) is 12.6 Å². The summed E-state index contributed by atoms with van der Waals surface area (Å²) < 4.78 is 5.23. The molecule has 1 amide bonds. The number of carbonyl (C=O) groups is 1. The highest BCUT2D eigenvalue weighted by Crippen LogP contribution is 2.19. The predicted molar refractivity (Wildman–Crippen MR) is 130 cm³/mol. The number of carbonyl (C=O) groups excluding carboxylic acids is 1. The molecule has 3 aromatic rings. The van der Waals surface area contributed by atoms with E-state index >= 15 is 0 Å². The normalized spacial score (nSPS) is 18.3. The molecule has 31 heavy (non-hydrogen) atoms. The van der Waals surface area contributed by atoms with Crippen molar-refractivity contribution in [1.82, 2.24) is 10.2 Å². The lowest BCUT2D eigenvalue weighted by Gasteiger charge is -2.28. The van der Waals surface area contributed by atoms with Crippen LogP contribution in [0.5, 0.6) is 5.75 Å². The minimum absolute atomic E-state index is 0.153. The number of ether oxygens (including phenoxy) is 1. The first kappa shape index (κ1) is 21.7. The standard InChI is InChI=1S/C26H30N2O2S/c1-30-23-10-7-19(8-11-23)17-26(29)28(18-24-25(31)12-14-27-24)15-13-20-6-9-21-4-2-3-5-22(21)16-20/h2-11,16,24-25,27,31H,12-15,17-18H2,1H3. The molecular formula is C26H30N2O2S. The van der Waals surface area contributed by atoms with Crippen molar-refractivity contribution in [3.05, 3.63) is 77.9 Å². The van der Waals surface area contributed by atoms with E-state index in [0.29, 0.717) is 19.5 Å². The van der Waals surface area contributed by atoms with Crippen LogP contribution in [0.3, 0.4) is 0 Å². The summed E-state index contributed by atoms with van der Waals surface area (Å²) in [4.78, 5) is 15.2. The molecule has 2 atom stereocenters. The molecule has 0 saturated carbocycles. The second-order valence-electron chi connectivity index (χ2n) is 8.21. The van der Waals surface area contributed by atoms with Crippen LogP contribution in [0.25, 0.3) is 10.8 Å². The second-order valence-corrected chi connectivity index (χ2v) is 8.88. The van der Waals surface area contributed by atoms with Crippen molar-refractivity contribution in [1.29, 1.82) is 0 Å². The van der Waals surface area contributed by atoms with E-state index in [9.17, 15) is 4.79 Å². The summed E-state index contributed by atoms with van der Waals surface area (Å²) in [5, 5.41) is 6.28. The number of nitrogens with zero attached hydrogens (tertiary/aromatic N) is 1. The van der Waals surface area contributed by atoms with Gasteiger partial charge in [0.1, 0.15) is 5.75 Å². The van der Waals surface area contributed by atoms with Crippen molar-refractivity contribution in [3.63, 3.8) is 0 Å². The Labute approximate surface area is 190 Å². The lowest BCUT2D eigenvalue weighted by Crippen LogP contribution is -2.45. The summed E-state index contributed by atoms with van der Waals surface area (Å²) in [6.45, 7) is 2.35. The van der Waals surface area contributed by atoms with Crippen LogP contribution in [-0.4, -0.2) is 48.8 Å². The molecule has 1 aliphatic rings. The fourth-order valence-corrected chi connectivity index (χ4v) is 4.51. The van der Waals surface area contributed by atoms with Crippen molar-refractivity contribution in [2.75, 3.05) is 26.7 Å². The SMILES string of the molecule is COc1ccc(CC(=O)N(CCc2ccc3ccccc3c2)CC2NCCC2S)cc1. The minimum atomic E-state index is 0.153. The number of fused-ring (bicyclic) bond motifs is 1. The van der Waals surface area contributed by atoms with Gasteiger partial charge in [0.2, 0.25) is 5.91 Å². The van der Waals surface area contributed by atoms with E-state index in [0.717, 1.165) is 30.7 Å². The molecule has 0 bridgehead atoms. The summed E-state index contributed by atoms with van der Waals surface area (Å²) in [6, 6.07) is 22.9. The molecule has 5 heteroatoms. The number of methoxy groups -OCH3 is 1. The fraction of sp³-hybridized carbons (Fsp3) is 0.346. The smallest absolute Gasteiger partial charge is 0.227 e. The van der Waals surface area contributed by atoms with Crippen LogP contribution in [0.1, 0.15) is 17.5 Å². The third-order valence-electron chi connectivity index (χ3n) is 6.08. The summed E-state index contributed by atoms with van der Waals surface area (Å²) in [7, 11) is 1.65. The van der Waals surface area contributed by atoms with Gasteiger partial charge in [-0.1, -0.05) is 54.6 Å². The zero-order chi connectivity index (χ0) is 21.6. The Bertz CT molecular complexity index is 1020. The molecule has 1 saturated heterocycles. The van der Waals surface area contributed by atoms with Gasteiger partial charge in [-0.25, -0.2) is 0 Å². The minimum Gasteiger partial charge on any atom is -0.497 e. The lowest BCUT2D eigenvalue weighted by molar-refractivity contribution is -0.130. The monoisotopic (exact) mass is 434 g/mol. The maximum absolute atomic E-state index is 13.2. The number of rotatable bonds is 8. The van der Waals surface area contributed by atoms with E-state index < -0.39 is 0 Å². The fourth-order valence-electron chi connectivity index (χ4n) is 4.18. The quantitative estimate of drug-likeness (QED) is 0.524. The van der Waals surface area contributed by atoms with Gasteiger partial charge in [-0.15, -0.1) is 0 Å². The Hall–Kier alpha value is -2.50. The molecule has 0 radical (unpaired) electrons. The first-order valence-electron chi connectivity index (χ1n) is 10.9. The summed E-state index contributed by atoms with van der Waals surface area (Å²) >= 11 is 4.72. The van der Waals surface area contributed by atoms with Gasteiger partial charge in [0, 0.05) is 24.4 Å². The lowest BCUT2D eigenvalue weighted by atomic mass is 10.0. The molecule has 2 unspecified atom stereocenters.